The molecule has 0 aliphatic heterocycles. The Kier molecular flexibility index (Phi) is 7.66. The second kappa shape index (κ2) is 10.2. The molecule has 3 aromatic rings. The minimum absolute atomic E-state index is 0.484. The number of nitro groups is 2. The summed E-state index contributed by atoms with van der Waals surface area (Å²) in [5.74, 6) is 0. The Hall–Kier alpha value is -2.84. The second-order valence-corrected chi connectivity index (χ2v) is 7.07. The van der Waals surface area contributed by atoms with Gasteiger partial charge in [0.25, 0.3) is 0 Å². The smallest absolute Gasteiger partial charge is 0.258 e. The fourth-order valence-corrected chi connectivity index (χ4v) is 3.79. The molecule has 26 heavy (non-hydrogen) atoms. The zero-order valence-corrected chi connectivity index (χ0v) is 15.1. The van der Waals surface area contributed by atoms with Crippen LogP contribution in [0.1, 0.15) is 0 Å². The summed E-state index contributed by atoms with van der Waals surface area (Å²) in [5.41, 5.74) is -0.968. The highest BCUT2D eigenvalue weighted by atomic mass is 33.1. The molecule has 6 nitrogen and oxygen atoms in total. The van der Waals surface area contributed by atoms with Gasteiger partial charge in [-0.3, -0.25) is 20.2 Å². The van der Waals surface area contributed by atoms with Crippen LogP contribution in [0.15, 0.2) is 94.7 Å². The summed E-state index contributed by atoms with van der Waals surface area (Å²) in [4.78, 5) is 21.5. The zero-order valence-electron chi connectivity index (χ0n) is 13.4. The third-order valence-electron chi connectivity index (χ3n) is 3.00. The van der Waals surface area contributed by atoms with E-state index in [0.717, 1.165) is 12.1 Å². The molecule has 0 fully saturated rings. The van der Waals surface area contributed by atoms with Crippen LogP contribution < -0.4 is 0 Å². The SMILES string of the molecule is O=[N+]([O-])c1ccccc1[N+](=O)[O-].c1ccc(SSc2ccccc2)cc1. The Morgan fingerprint density at radius 3 is 1.15 bits per heavy atom. The van der Waals surface area contributed by atoms with E-state index in [1.807, 2.05) is 12.1 Å². The number of nitrogens with zero attached hydrogens (tertiary/aromatic N) is 2. The van der Waals surface area contributed by atoms with E-state index < -0.39 is 21.2 Å². The Bertz CT molecular complexity index is 789. The molecule has 8 heteroatoms. The van der Waals surface area contributed by atoms with Gasteiger partial charge in [-0.15, -0.1) is 0 Å². The van der Waals surface area contributed by atoms with Gasteiger partial charge in [-0.25, -0.2) is 0 Å². The molecule has 0 spiro atoms. The fraction of sp³-hybridized carbons (Fsp3) is 0. The number of hydrogen-bond acceptors (Lipinski definition) is 6. The van der Waals surface area contributed by atoms with Crippen molar-refractivity contribution in [2.24, 2.45) is 0 Å². The molecule has 0 radical (unpaired) electrons. The zero-order chi connectivity index (χ0) is 18.8. The quantitative estimate of drug-likeness (QED) is 0.304. The second-order valence-electron chi connectivity index (χ2n) is 4.80. The summed E-state index contributed by atoms with van der Waals surface area (Å²) in [6.45, 7) is 0. The standard InChI is InChI=1S/C12H10S2.C6H4N2O4/c1-3-7-11(8-4-1)13-14-12-9-5-2-6-10-12;9-7(10)5-3-1-2-4-6(5)8(11)12/h1-10H;1-4H. The summed E-state index contributed by atoms with van der Waals surface area (Å²) < 4.78 is 0. The van der Waals surface area contributed by atoms with Gasteiger partial charge in [-0.2, -0.15) is 0 Å². The first-order valence-electron chi connectivity index (χ1n) is 7.40. The first kappa shape index (κ1) is 19.5. The molecular formula is C18H14N2O4S2. The van der Waals surface area contributed by atoms with Crippen LogP contribution >= 0.6 is 21.6 Å². The van der Waals surface area contributed by atoms with Gasteiger partial charge in [-0.05, 0) is 24.3 Å². The minimum atomic E-state index is -0.780. The topological polar surface area (TPSA) is 86.3 Å². The molecule has 132 valence electrons. The van der Waals surface area contributed by atoms with Crippen molar-refractivity contribution in [1.29, 1.82) is 0 Å². The molecular weight excluding hydrogens is 372 g/mol. The van der Waals surface area contributed by atoms with Crippen molar-refractivity contribution < 1.29 is 9.85 Å². The van der Waals surface area contributed by atoms with Crippen molar-refractivity contribution in [3.05, 3.63) is 105 Å². The highest BCUT2D eigenvalue weighted by molar-refractivity contribution is 8.76. The lowest BCUT2D eigenvalue weighted by Crippen LogP contribution is -1.95. The van der Waals surface area contributed by atoms with Crippen LogP contribution in [0.3, 0.4) is 0 Å². The van der Waals surface area contributed by atoms with E-state index in [1.165, 1.54) is 21.9 Å². The van der Waals surface area contributed by atoms with Crippen LogP contribution in [0.2, 0.25) is 0 Å². The molecule has 0 unspecified atom stereocenters. The number of nitro benzene ring substituents is 2. The minimum Gasteiger partial charge on any atom is -0.258 e. The molecule has 3 rings (SSSR count). The van der Waals surface area contributed by atoms with Crippen LogP contribution in [-0.4, -0.2) is 9.85 Å². The van der Waals surface area contributed by atoms with Gasteiger partial charge in [-0.1, -0.05) is 70.1 Å². The van der Waals surface area contributed by atoms with Crippen molar-refractivity contribution in [2.75, 3.05) is 0 Å². The normalized spacial score (nSPS) is 9.69. The Morgan fingerprint density at radius 1 is 0.538 bits per heavy atom. The molecule has 0 heterocycles. The number of para-hydroxylation sites is 2. The van der Waals surface area contributed by atoms with Gasteiger partial charge < -0.3 is 0 Å². The van der Waals surface area contributed by atoms with Gasteiger partial charge >= 0.3 is 11.4 Å². The van der Waals surface area contributed by atoms with Crippen molar-refractivity contribution in [1.82, 2.24) is 0 Å². The van der Waals surface area contributed by atoms with Gasteiger partial charge in [0.2, 0.25) is 0 Å². The van der Waals surface area contributed by atoms with E-state index in [1.54, 1.807) is 21.6 Å². The van der Waals surface area contributed by atoms with Crippen LogP contribution in [0.4, 0.5) is 11.4 Å². The average Bonchev–Trinajstić information content (AvgIpc) is 2.68. The highest BCUT2D eigenvalue weighted by Gasteiger charge is 2.21. The molecule has 0 aliphatic rings. The van der Waals surface area contributed by atoms with E-state index in [-0.39, 0.29) is 0 Å². The van der Waals surface area contributed by atoms with Gasteiger partial charge in [0.05, 0.1) is 9.85 Å². The highest BCUT2D eigenvalue weighted by Crippen LogP contribution is 2.36. The van der Waals surface area contributed by atoms with Crippen molar-refractivity contribution in [3.8, 4) is 0 Å². The molecule has 0 aromatic heterocycles. The molecule has 0 N–H and O–H groups in total. The summed E-state index contributed by atoms with van der Waals surface area (Å²) in [6.07, 6.45) is 0. The van der Waals surface area contributed by atoms with Gasteiger partial charge in [0.1, 0.15) is 0 Å². The van der Waals surface area contributed by atoms with Crippen LogP contribution in [0.5, 0.6) is 0 Å². The van der Waals surface area contributed by atoms with E-state index in [2.05, 4.69) is 48.5 Å². The number of rotatable bonds is 5. The third kappa shape index (κ3) is 6.23. The average molecular weight is 386 g/mol. The fourth-order valence-electron chi connectivity index (χ4n) is 1.82. The maximum atomic E-state index is 10.2. The van der Waals surface area contributed by atoms with Crippen molar-refractivity contribution in [3.63, 3.8) is 0 Å². The van der Waals surface area contributed by atoms with E-state index >= 15 is 0 Å². The lowest BCUT2D eigenvalue weighted by Gasteiger charge is -1.99. The largest absolute Gasteiger partial charge is 0.346 e. The predicted octanol–water partition coefficient (Wildman–Crippen LogP) is 5.99. The molecule has 0 bridgehead atoms. The van der Waals surface area contributed by atoms with E-state index in [9.17, 15) is 20.2 Å². The van der Waals surface area contributed by atoms with Crippen LogP contribution in [0, 0.1) is 20.2 Å². The number of hydrogen-bond donors (Lipinski definition) is 0. The Morgan fingerprint density at radius 2 is 0.846 bits per heavy atom. The third-order valence-corrected chi connectivity index (χ3v) is 5.41. The molecule has 0 amide bonds. The molecule has 0 aliphatic carbocycles. The van der Waals surface area contributed by atoms with Crippen LogP contribution in [0.25, 0.3) is 0 Å². The molecule has 0 saturated heterocycles. The van der Waals surface area contributed by atoms with Gasteiger partial charge in [0, 0.05) is 21.9 Å². The Labute approximate surface area is 158 Å². The first-order valence-corrected chi connectivity index (χ1v) is 9.55. The number of benzene rings is 3. The van der Waals surface area contributed by atoms with Crippen molar-refractivity contribution >= 4 is 33.0 Å². The predicted molar refractivity (Wildman–Crippen MR) is 104 cm³/mol. The van der Waals surface area contributed by atoms with E-state index in [0.29, 0.717) is 0 Å². The summed E-state index contributed by atoms with van der Waals surface area (Å²) >= 11 is 0. The lowest BCUT2D eigenvalue weighted by molar-refractivity contribution is -0.422. The van der Waals surface area contributed by atoms with Crippen molar-refractivity contribution in [2.45, 2.75) is 9.79 Å². The summed E-state index contributed by atoms with van der Waals surface area (Å²) in [6, 6.07) is 25.8. The maximum absolute atomic E-state index is 10.2. The summed E-state index contributed by atoms with van der Waals surface area (Å²) in [5, 5.41) is 20.5. The Balaban J connectivity index is 0.000000190. The lowest BCUT2D eigenvalue weighted by atomic mass is 10.3. The van der Waals surface area contributed by atoms with E-state index in [4.69, 9.17) is 0 Å². The molecule has 0 saturated carbocycles. The summed E-state index contributed by atoms with van der Waals surface area (Å²) in [7, 11) is 3.58. The molecule has 3 aromatic carbocycles. The maximum Gasteiger partial charge on any atom is 0.346 e. The first-order chi connectivity index (χ1) is 12.6. The monoisotopic (exact) mass is 386 g/mol. The van der Waals surface area contributed by atoms with Gasteiger partial charge in [0.15, 0.2) is 0 Å². The molecule has 0 atom stereocenters. The van der Waals surface area contributed by atoms with Crippen LogP contribution in [-0.2, 0) is 0 Å².